The SMILES string of the molecule is C[C@H](CC[C@H](C)OS(=O)(=O)c1ccc(F)cc1)OS(=O)(=O)c1ccc(F)cc1. The first-order valence-corrected chi connectivity index (χ1v) is 11.2. The van der Waals surface area contributed by atoms with E-state index in [1.807, 2.05) is 0 Å². The minimum atomic E-state index is -4.07. The Morgan fingerprint density at radius 2 is 0.964 bits per heavy atom. The van der Waals surface area contributed by atoms with Crippen LogP contribution in [0, 0.1) is 11.6 Å². The van der Waals surface area contributed by atoms with Crippen LogP contribution in [0.4, 0.5) is 8.78 Å². The van der Waals surface area contributed by atoms with Crippen LogP contribution in [0.5, 0.6) is 0 Å². The van der Waals surface area contributed by atoms with Gasteiger partial charge in [0.25, 0.3) is 20.2 Å². The lowest BCUT2D eigenvalue weighted by molar-refractivity contribution is 0.168. The van der Waals surface area contributed by atoms with Gasteiger partial charge >= 0.3 is 0 Å². The molecule has 2 aromatic rings. The van der Waals surface area contributed by atoms with Gasteiger partial charge in [-0.15, -0.1) is 0 Å². The van der Waals surface area contributed by atoms with Gasteiger partial charge in [0, 0.05) is 0 Å². The van der Waals surface area contributed by atoms with Crippen LogP contribution in [0.25, 0.3) is 0 Å². The molecule has 0 aliphatic carbocycles. The number of benzene rings is 2. The van der Waals surface area contributed by atoms with Crippen molar-refractivity contribution >= 4 is 20.2 Å². The summed E-state index contributed by atoms with van der Waals surface area (Å²) in [6.07, 6.45) is -1.12. The van der Waals surface area contributed by atoms with E-state index in [9.17, 15) is 25.6 Å². The molecule has 0 saturated carbocycles. The normalized spacial score (nSPS) is 14.6. The highest BCUT2D eigenvalue weighted by Gasteiger charge is 2.22. The molecule has 154 valence electrons. The average molecular weight is 434 g/mol. The molecule has 0 N–H and O–H groups in total. The van der Waals surface area contributed by atoms with Crippen LogP contribution >= 0.6 is 0 Å². The van der Waals surface area contributed by atoms with Crippen LogP contribution in [0.1, 0.15) is 26.7 Å². The molecule has 0 spiro atoms. The highest BCUT2D eigenvalue weighted by atomic mass is 32.2. The molecular formula is C18H20F2O6S2. The summed E-state index contributed by atoms with van der Waals surface area (Å²) in [7, 11) is -8.14. The molecular weight excluding hydrogens is 414 g/mol. The molecule has 0 bridgehead atoms. The lowest BCUT2D eigenvalue weighted by Gasteiger charge is -2.17. The summed E-state index contributed by atoms with van der Waals surface area (Å²) in [5.41, 5.74) is 0. The van der Waals surface area contributed by atoms with E-state index < -0.39 is 44.1 Å². The van der Waals surface area contributed by atoms with Crippen LogP contribution < -0.4 is 0 Å². The molecule has 28 heavy (non-hydrogen) atoms. The third kappa shape index (κ3) is 6.33. The summed E-state index contributed by atoms with van der Waals surface area (Å²) in [5.74, 6) is -1.14. The number of hydrogen-bond acceptors (Lipinski definition) is 6. The topological polar surface area (TPSA) is 86.7 Å². The Kier molecular flexibility index (Phi) is 7.27. The lowest BCUT2D eigenvalue weighted by Crippen LogP contribution is -2.20. The van der Waals surface area contributed by atoms with Gasteiger partial charge in [-0.1, -0.05) is 0 Å². The van der Waals surface area contributed by atoms with Gasteiger partial charge in [0.15, 0.2) is 0 Å². The zero-order valence-electron chi connectivity index (χ0n) is 15.2. The molecule has 2 aromatic carbocycles. The third-order valence-corrected chi connectivity index (χ3v) is 6.63. The van der Waals surface area contributed by atoms with Crippen LogP contribution in [0.15, 0.2) is 58.3 Å². The average Bonchev–Trinajstić information content (AvgIpc) is 2.60. The van der Waals surface area contributed by atoms with Crippen molar-refractivity contribution in [1.29, 1.82) is 0 Å². The largest absolute Gasteiger partial charge is 0.297 e. The summed E-state index contributed by atoms with van der Waals surface area (Å²) in [5, 5.41) is 0. The molecule has 0 fully saturated rings. The van der Waals surface area contributed by atoms with E-state index in [4.69, 9.17) is 8.37 Å². The molecule has 0 aliphatic heterocycles. The Labute approximate surface area is 163 Å². The number of rotatable bonds is 9. The highest BCUT2D eigenvalue weighted by molar-refractivity contribution is 7.87. The zero-order valence-corrected chi connectivity index (χ0v) is 16.8. The first-order valence-electron chi connectivity index (χ1n) is 8.37. The van der Waals surface area contributed by atoms with Crippen molar-refractivity contribution in [2.45, 2.75) is 48.7 Å². The molecule has 0 radical (unpaired) electrons. The van der Waals surface area contributed by atoms with Gasteiger partial charge in [-0.05, 0) is 75.2 Å². The molecule has 0 unspecified atom stereocenters. The van der Waals surface area contributed by atoms with Gasteiger partial charge in [-0.3, -0.25) is 8.37 Å². The predicted octanol–water partition coefficient (Wildman–Crippen LogP) is 3.63. The maximum Gasteiger partial charge on any atom is 0.297 e. The van der Waals surface area contributed by atoms with E-state index >= 15 is 0 Å². The molecule has 2 rings (SSSR count). The third-order valence-electron chi connectivity index (χ3n) is 3.77. The maximum atomic E-state index is 12.9. The molecule has 6 nitrogen and oxygen atoms in total. The Balaban J connectivity index is 1.90. The molecule has 0 saturated heterocycles. The molecule has 0 aromatic heterocycles. The second-order valence-corrected chi connectivity index (χ2v) is 9.35. The molecule has 0 aliphatic rings. The van der Waals surface area contributed by atoms with Crippen molar-refractivity contribution in [1.82, 2.24) is 0 Å². The van der Waals surface area contributed by atoms with Gasteiger partial charge in [0.05, 0.1) is 22.0 Å². The van der Waals surface area contributed by atoms with Gasteiger partial charge in [0.1, 0.15) is 11.6 Å². The summed E-state index contributed by atoms with van der Waals surface area (Å²) >= 11 is 0. The van der Waals surface area contributed by atoms with Gasteiger partial charge in [-0.25, -0.2) is 8.78 Å². The Morgan fingerprint density at radius 3 is 1.25 bits per heavy atom. The quantitative estimate of drug-likeness (QED) is 0.560. The Morgan fingerprint density at radius 1 is 0.679 bits per heavy atom. The highest BCUT2D eigenvalue weighted by Crippen LogP contribution is 2.20. The van der Waals surface area contributed by atoms with E-state index in [1.165, 1.54) is 13.8 Å². The molecule has 0 amide bonds. The van der Waals surface area contributed by atoms with E-state index in [0.717, 1.165) is 48.5 Å². The minimum Gasteiger partial charge on any atom is -0.263 e. The van der Waals surface area contributed by atoms with E-state index in [0.29, 0.717) is 0 Å². The van der Waals surface area contributed by atoms with E-state index in [2.05, 4.69) is 0 Å². The second-order valence-electron chi connectivity index (χ2n) is 6.21. The fourth-order valence-corrected chi connectivity index (χ4v) is 4.53. The van der Waals surface area contributed by atoms with Crippen molar-refractivity contribution in [3.63, 3.8) is 0 Å². The summed E-state index contributed by atoms with van der Waals surface area (Å²) < 4.78 is 84.5. The maximum absolute atomic E-state index is 12.9. The van der Waals surface area contributed by atoms with Crippen molar-refractivity contribution in [2.24, 2.45) is 0 Å². The number of hydrogen-bond donors (Lipinski definition) is 0. The summed E-state index contributed by atoms with van der Waals surface area (Å²) in [6.45, 7) is 3.03. The molecule has 10 heteroatoms. The Bertz CT molecular complexity index is 904. The molecule has 0 heterocycles. The van der Waals surface area contributed by atoms with Crippen LogP contribution in [-0.2, 0) is 28.6 Å². The van der Waals surface area contributed by atoms with Crippen molar-refractivity contribution < 1.29 is 34.0 Å². The van der Waals surface area contributed by atoms with Gasteiger partial charge < -0.3 is 0 Å². The standard InChI is InChI=1S/C18H20F2O6S2/c1-13(25-27(21,22)17-9-5-15(19)6-10-17)3-4-14(2)26-28(23,24)18-11-7-16(20)8-12-18/h5-14H,3-4H2,1-2H3/t13-,14+. The van der Waals surface area contributed by atoms with Crippen molar-refractivity contribution in [2.75, 3.05) is 0 Å². The lowest BCUT2D eigenvalue weighted by atomic mass is 10.1. The fraction of sp³-hybridized carbons (Fsp3) is 0.333. The van der Waals surface area contributed by atoms with Crippen molar-refractivity contribution in [3.8, 4) is 0 Å². The van der Waals surface area contributed by atoms with Crippen molar-refractivity contribution in [3.05, 3.63) is 60.2 Å². The smallest absolute Gasteiger partial charge is 0.263 e. The molecule has 2 atom stereocenters. The van der Waals surface area contributed by atoms with E-state index in [1.54, 1.807) is 0 Å². The zero-order chi connectivity index (χ0) is 20.9. The first kappa shape index (κ1) is 22.4. The van der Waals surface area contributed by atoms with Crippen LogP contribution in [0.2, 0.25) is 0 Å². The minimum absolute atomic E-state index is 0.177. The van der Waals surface area contributed by atoms with Gasteiger partial charge in [0.2, 0.25) is 0 Å². The summed E-state index contributed by atoms with van der Waals surface area (Å²) in [4.78, 5) is -0.354. The predicted molar refractivity (Wildman–Crippen MR) is 97.5 cm³/mol. The summed E-state index contributed by atoms with van der Waals surface area (Å²) in [6, 6.07) is 8.43. The first-order chi connectivity index (χ1) is 13.0. The fourth-order valence-electron chi connectivity index (χ4n) is 2.31. The van der Waals surface area contributed by atoms with Crippen LogP contribution in [-0.4, -0.2) is 29.0 Å². The van der Waals surface area contributed by atoms with E-state index in [-0.39, 0.29) is 22.6 Å². The Hall–Kier alpha value is -1.88. The second kappa shape index (κ2) is 9.08. The van der Waals surface area contributed by atoms with Crippen LogP contribution in [0.3, 0.4) is 0 Å². The number of halogens is 2. The monoisotopic (exact) mass is 434 g/mol. The van der Waals surface area contributed by atoms with Gasteiger partial charge in [-0.2, -0.15) is 16.8 Å².